The van der Waals surface area contributed by atoms with E-state index < -0.39 is 5.91 Å². The third kappa shape index (κ3) is 7.12. The van der Waals surface area contributed by atoms with Gasteiger partial charge in [0.15, 0.2) is 11.7 Å². The van der Waals surface area contributed by atoms with Gasteiger partial charge in [-0.25, -0.2) is 0 Å². The second kappa shape index (κ2) is 11.5. The number of halogens is 1. The highest BCUT2D eigenvalue weighted by Crippen LogP contribution is 2.20. The number of ether oxygens (including phenoxy) is 1. The van der Waals surface area contributed by atoms with Gasteiger partial charge < -0.3 is 25.5 Å². The molecule has 0 aliphatic heterocycles. The lowest BCUT2D eigenvalue weighted by molar-refractivity contribution is 0.0972. The standard InChI is InChI=1S/C19H26N4O3.HI/c1-4-9-25-17-10-13(2)5-6-14(17)11-22-19(21-3)23-12-15-7-8-16(26-15)18(20)24;/h5-8,10H,4,9,11-12H2,1-3H3,(H2,20,24)(H2,21,22,23);1H. The molecule has 1 amide bonds. The maximum absolute atomic E-state index is 11.1. The van der Waals surface area contributed by atoms with Crippen LogP contribution >= 0.6 is 24.0 Å². The van der Waals surface area contributed by atoms with Crippen LogP contribution < -0.4 is 21.1 Å². The number of carbonyl (C=O) groups is 1. The lowest BCUT2D eigenvalue weighted by atomic mass is 10.1. The largest absolute Gasteiger partial charge is 0.493 e. The molecule has 27 heavy (non-hydrogen) atoms. The minimum absolute atomic E-state index is 0. The molecule has 7 nitrogen and oxygen atoms in total. The van der Waals surface area contributed by atoms with Crippen LogP contribution in [0, 0.1) is 6.92 Å². The number of nitrogens with two attached hydrogens (primary N) is 1. The maximum atomic E-state index is 11.1. The van der Waals surface area contributed by atoms with E-state index in [-0.39, 0.29) is 29.7 Å². The van der Waals surface area contributed by atoms with Gasteiger partial charge in [-0.1, -0.05) is 19.1 Å². The lowest BCUT2D eigenvalue weighted by Crippen LogP contribution is -2.36. The van der Waals surface area contributed by atoms with E-state index in [9.17, 15) is 4.79 Å². The summed E-state index contributed by atoms with van der Waals surface area (Å²) in [6.07, 6.45) is 0.959. The van der Waals surface area contributed by atoms with Crippen molar-refractivity contribution >= 4 is 35.8 Å². The number of aliphatic imine (C=N–C) groups is 1. The predicted molar refractivity (Wildman–Crippen MR) is 117 cm³/mol. The normalized spacial score (nSPS) is 10.9. The third-order valence-corrected chi connectivity index (χ3v) is 3.69. The van der Waals surface area contributed by atoms with E-state index in [0.717, 1.165) is 23.3 Å². The van der Waals surface area contributed by atoms with Crippen LogP contribution in [0.15, 0.2) is 39.7 Å². The number of carbonyl (C=O) groups excluding carboxylic acids is 1. The zero-order valence-corrected chi connectivity index (χ0v) is 18.2. The van der Waals surface area contributed by atoms with Gasteiger partial charge in [-0.15, -0.1) is 24.0 Å². The molecule has 1 heterocycles. The van der Waals surface area contributed by atoms with Crippen LogP contribution in [0.2, 0.25) is 0 Å². The van der Waals surface area contributed by atoms with Crippen LogP contribution in [0.4, 0.5) is 0 Å². The Hall–Kier alpha value is -2.23. The Kier molecular flexibility index (Phi) is 9.70. The number of aryl methyl sites for hydroxylation is 1. The van der Waals surface area contributed by atoms with Crippen molar-refractivity contribution in [1.29, 1.82) is 0 Å². The van der Waals surface area contributed by atoms with Crippen molar-refractivity contribution in [3.05, 3.63) is 53.0 Å². The Morgan fingerprint density at radius 1 is 1.22 bits per heavy atom. The molecule has 1 aromatic carbocycles. The number of hydrogen-bond donors (Lipinski definition) is 3. The maximum Gasteiger partial charge on any atom is 0.284 e. The number of primary amides is 1. The SMILES string of the molecule is CCCOc1cc(C)ccc1CNC(=NC)NCc1ccc(C(N)=O)o1.I. The molecule has 0 fully saturated rings. The molecule has 0 bridgehead atoms. The fraction of sp³-hybridized carbons (Fsp3) is 0.368. The van der Waals surface area contributed by atoms with Crippen molar-refractivity contribution in [3.8, 4) is 5.75 Å². The number of guanidine groups is 1. The van der Waals surface area contributed by atoms with Gasteiger partial charge in [0.1, 0.15) is 11.5 Å². The van der Waals surface area contributed by atoms with E-state index in [2.05, 4.69) is 28.6 Å². The Balaban J connectivity index is 0.00000364. The van der Waals surface area contributed by atoms with Gasteiger partial charge in [0.25, 0.3) is 5.91 Å². The van der Waals surface area contributed by atoms with Crippen LogP contribution in [0.1, 0.15) is 40.8 Å². The van der Waals surface area contributed by atoms with Gasteiger partial charge in [0.05, 0.1) is 13.2 Å². The molecule has 1 aromatic heterocycles. The van der Waals surface area contributed by atoms with Crippen LogP contribution in [-0.2, 0) is 13.1 Å². The molecule has 0 atom stereocenters. The van der Waals surface area contributed by atoms with E-state index in [1.807, 2.05) is 19.1 Å². The van der Waals surface area contributed by atoms with Crippen molar-refractivity contribution in [1.82, 2.24) is 10.6 Å². The van der Waals surface area contributed by atoms with Crippen LogP contribution in [0.5, 0.6) is 5.75 Å². The Labute approximate surface area is 176 Å². The Morgan fingerprint density at radius 2 is 1.96 bits per heavy atom. The van der Waals surface area contributed by atoms with Gasteiger partial charge in [-0.2, -0.15) is 0 Å². The van der Waals surface area contributed by atoms with Gasteiger partial charge in [-0.3, -0.25) is 9.79 Å². The average Bonchev–Trinajstić information content (AvgIpc) is 3.10. The summed E-state index contributed by atoms with van der Waals surface area (Å²) in [6.45, 7) is 5.77. The summed E-state index contributed by atoms with van der Waals surface area (Å²) in [5.41, 5.74) is 7.39. The van der Waals surface area contributed by atoms with E-state index in [1.54, 1.807) is 19.2 Å². The number of furan rings is 1. The first-order valence-electron chi connectivity index (χ1n) is 8.58. The first-order chi connectivity index (χ1) is 12.5. The van der Waals surface area contributed by atoms with E-state index in [0.29, 0.717) is 31.4 Å². The fourth-order valence-corrected chi connectivity index (χ4v) is 2.33. The van der Waals surface area contributed by atoms with Crippen LogP contribution in [0.3, 0.4) is 0 Å². The molecule has 2 aromatic rings. The Bertz CT molecular complexity index is 774. The molecule has 0 spiro atoms. The second-order valence-corrected chi connectivity index (χ2v) is 5.87. The number of amides is 1. The van der Waals surface area contributed by atoms with Crippen molar-refractivity contribution in [3.63, 3.8) is 0 Å². The minimum atomic E-state index is -0.585. The topological polar surface area (TPSA) is 102 Å². The van der Waals surface area contributed by atoms with Gasteiger partial charge in [0.2, 0.25) is 0 Å². The minimum Gasteiger partial charge on any atom is -0.493 e. The van der Waals surface area contributed by atoms with Gasteiger partial charge in [0, 0.05) is 19.2 Å². The molecule has 8 heteroatoms. The molecule has 0 radical (unpaired) electrons. The molecule has 0 aliphatic rings. The first kappa shape index (κ1) is 22.8. The number of hydrogen-bond acceptors (Lipinski definition) is 4. The monoisotopic (exact) mass is 486 g/mol. The van der Waals surface area contributed by atoms with Gasteiger partial charge >= 0.3 is 0 Å². The van der Waals surface area contributed by atoms with Crippen molar-refractivity contribution in [2.45, 2.75) is 33.4 Å². The third-order valence-electron chi connectivity index (χ3n) is 3.69. The molecule has 148 valence electrons. The summed E-state index contributed by atoms with van der Waals surface area (Å²) in [7, 11) is 1.69. The predicted octanol–water partition coefficient (Wildman–Crippen LogP) is 2.96. The highest BCUT2D eigenvalue weighted by Gasteiger charge is 2.09. The Morgan fingerprint density at radius 3 is 2.59 bits per heavy atom. The molecule has 2 rings (SSSR count). The number of benzene rings is 1. The zero-order valence-electron chi connectivity index (χ0n) is 15.9. The summed E-state index contributed by atoms with van der Waals surface area (Å²) in [6, 6.07) is 9.40. The van der Waals surface area contributed by atoms with E-state index in [1.165, 1.54) is 0 Å². The average molecular weight is 486 g/mol. The zero-order chi connectivity index (χ0) is 18.9. The lowest BCUT2D eigenvalue weighted by Gasteiger charge is -2.15. The molecule has 0 saturated heterocycles. The summed E-state index contributed by atoms with van der Waals surface area (Å²) in [5.74, 6) is 1.65. The first-order valence-corrected chi connectivity index (χ1v) is 8.58. The quantitative estimate of drug-likeness (QED) is 0.303. The summed E-state index contributed by atoms with van der Waals surface area (Å²) < 4.78 is 11.2. The highest BCUT2D eigenvalue weighted by atomic mass is 127. The smallest absolute Gasteiger partial charge is 0.284 e. The second-order valence-electron chi connectivity index (χ2n) is 5.87. The molecular formula is C19H27IN4O3. The fourth-order valence-electron chi connectivity index (χ4n) is 2.33. The van der Waals surface area contributed by atoms with Crippen molar-refractivity contribution in [2.24, 2.45) is 10.7 Å². The summed E-state index contributed by atoms with van der Waals surface area (Å²) in [5, 5.41) is 6.38. The number of nitrogens with zero attached hydrogens (tertiary/aromatic N) is 1. The van der Waals surface area contributed by atoms with Gasteiger partial charge in [-0.05, 0) is 37.1 Å². The molecular weight excluding hydrogens is 459 g/mol. The van der Waals surface area contributed by atoms with E-state index >= 15 is 0 Å². The van der Waals surface area contributed by atoms with Crippen molar-refractivity contribution < 1.29 is 13.9 Å². The number of nitrogens with one attached hydrogen (secondary N) is 2. The van der Waals surface area contributed by atoms with Crippen molar-refractivity contribution in [2.75, 3.05) is 13.7 Å². The van der Waals surface area contributed by atoms with E-state index in [4.69, 9.17) is 14.9 Å². The molecule has 0 saturated carbocycles. The number of rotatable bonds is 8. The van der Waals surface area contributed by atoms with Crippen LogP contribution in [0.25, 0.3) is 0 Å². The molecule has 0 aliphatic carbocycles. The highest BCUT2D eigenvalue weighted by molar-refractivity contribution is 14.0. The molecule has 0 unspecified atom stereocenters. The molecule has 4 N–H and O–H groups in total. The summed E-state index contributed by atoms with van der Waals surface area (Å²) >= 11 is 0. The summed E-state index contributed by atoms with van der Waals surface area (Å²) in [4.78, 5) is 15.2. The van der Waals surface area contributed by atoms with Crippen LogP contribution in [-0.4, -0.2) is 25.5 Å².